The van der Waals surface area contributed by atoms with Gasteiger partial charge < -0.3 is 4.98 Å². The maximum Gasteiger partial charge on any atom is 0.192 e. The molecule has 0 unspecified atom stereocenters. The van der Waals surface area contributed by atoms with Crippen molar-refractivity contribution in [2.75, 3.05) is 0 Å². The fourth-order valence-electron chi connectivity index (χ4n) is 1.73. The zero-order valence-electron chi connectivity index (χ0n) is 10.2. The first-order valence-electron chi connectivity index (χ1n) is 5.43. The van der Waals surface area contributed by atoms with Gasteiger partial charge in [-0.1, -0.05) is 20.8 Å². The van der Waals surface area contributed by atoms with Crippen molar-refractivity contribution in [1.29, 1.82) is 0 Å². The van der Waals surface area contributed by atoms with Crippen LogP contribution in [0.2, 0.25) is 0 Å². The van der Waals surface area contributed by atoms with Gasteiger partial charge >= 0.3 is 0 Å². The van der Waals surface area contributed by atoms with Gasteiger partial charge in [0.05, 0.1) is 15.4 Å². The predicted molar refractivity (Wildman–Crippen MR) is 70.9 cm³/mol. The van der Waals surface area contributed by atoms with E-state index in [1.54, 1.807) is 0 Å². The number of nitrogens with one attached hydrogen (secondary N) is 1. The Morgan fingerprint density at radius 2 is 1.83 bits per heavy atom. The van der Waals surface area contributed by atoms with E-state index in [4.69, 9.17) is 0 Å². The zero-order valence-corrected chi connectivity index (χ0v) is 11.8. The van der Waals surface area contributed by atoms with Crippen LogP contribution < -0.4 is 5.43 Å². The van der Waals surface area contributed by atoms with Crippen molar-refractivity contribution >= 4 is 26.8 Å². The van der Waals surface area contributed by atoms with Crippen molar-refractivity contribution in [3.8, 4) is 0 Å². The second-order valence-corrected chi connectivity index (χ2v) is 6.06. The maximum atomic E-state index is 13.8. The van der Waals surface area contributed by atoms with Crippen molar-refractivity contribution in [2.45, 2.75) is 26.2 Å². The first kappa shape index (κ1) is 13.2. The van der Waals surface area contributed by atoms with Crippen molar-refractivity contribution in [2.24, 2.45) is 0 Å². The lowest BCUT2D eigenvalue weighted by Gasteiger charge is -2.19. The van der Waals surface area contributed by atoms with Gasteiger partial charge in [0.1, 0.15) is 5.82 Å². The molecule has 0 bridgehead atoms. The van der Waals surface area contributed by atoms with Gasteiger partial charge in [0.2, 0.25) is 0 Å². The highest BCUT2D eigenvalue weighted by Crippen LogP contribution is 2.27. The van der Waals surface area contributed by atoms with Gasteiger partial charge in [-0.15, -0.1) is 0 Å². The minimum atomic E-state index is -0.742. The number of hydrogen-bond acceptors (Lipinski definition) is 1. The van der Waals surface area contributed by atoms with E-state index in [0.717, 1.165) is 6.07 Å². The lowest BCUT2D eigenvalue weighted by atomic mass is 9.91. The molecule has 1 N–H and O–H groups in total. The smallest absolute Gasteiger partial charge is 0.192 e. The van der Waals surface area contributed by atoms with Gasteiger partial charge in [0.25, 0.3) is 0 Å². The number of pyridine rings is 1. The van der Waals surface area contributed by atoms with E-state index in [1.807, 2.05) is 20.8 Å². The third kappa shape index (κ3) is 2.07. The summed E-state index contributed by atoms with van der Waals surface area (Å²) in [5.41, 5.74) is -0.385. The molecular formula is C13H12BrF2NO. The predicted octanol–water partition coefficient (Wildman–Crippen LogP) is 3.87. The van der Waals surface area contributed by atoms with E-state index >= 15 is 0 Å². The van der Waals surface area contributed by atoms with E-state index in [-0.39, 0.29) is 20.8 Å². The Bertz CT molecular complexity index is 686. The largest absolute Gasteiger partial charge is 0.355 e. The van der Waals surface area contributed by atoms with Crippen LogP contribution in [-0.4, -0.2) is 4.98 Å². The van der Waals surface area contributed by atoms with Crippen LogP contribution in [0.4, 0.5) is 8.78 Å². The zero-order chi connectivity index (χ0) is 13.7. The number of hydrogen-bond donors (Lipinski definition) is 1. The summed E-state index contributed by atoms with van der Waals surface area (Å²) in [4.78, 5) is 14.7. The fourth-order valence-corrected chi connectivity index (χ4v) is 2.13. The topological polar surface area (TPSA) is 32.9 Å². The van der Waals surface area contributed by atoms with Crippen molar-refractivity contribution in [1.82, 2.24) is 4.98 Å². The summed E-state index contributed by atoms with van der Waals surface area (Å²) >= 11 is 2.89. The Kier molecular flexibility index (Phi) is 3.05. The van der Waals surface area contributed by atoms with E-state index in [2.05, 4.69) is 20.9 Å². The molecule has 0 aliphatic heterocycles. The summed E-state index contributed by atoms with van der Waals surface area (Å²) in [7, 11) is 0. The molecule has 0 aliphatic carbocycles. The van der Waals surface area contributed by atoms with Gasteiger partial charge in [-0.3, -0.25) is 4.79 Å². The molecule has 18 heavy (non-hydrogen) atoms. The minimum absolute atomic E-state index is 0.0542. The molecule has 2 nitrogen and oxygen atoms in total. The molecule has 0 saturated carbocycles. The van der Waals surface area contributed by atoms with Crippen LogP contribution in [-0.2, 0) is 5.41 Å². The summed E-state index contributed by atoms with van der Waals surface area (Å²) in [6, 6.07) is 2.33. The minimum Gasteiger partial charge on any atom is -0.355 e. The first-order valence-corrected chi connectivity index (χ1v) is 6.22. The lowest BCUT2D eigenvalue weighted by Crippen LogP contribution is -2.18. The second-order valence-electron chi connectivity index (χ2n) is 5.20. The average Bonchev–Trinajstić information content (AvgIpc) is 2.24. The Morgan fingerprint density at radius 1 is 1.22 bits per heavy atom. The monoisotopic (exact) mass is 315 g/mol. The molecule has 0 fully saturated rings. The number of aromatic amines is 1. The number of halogens is 3. The Labute approximate surface area is 111 Å². The average molecular weight is 316 g/mol. The number of aromatic nitrogens is 1. The maximum absolute atomic E-state index is 13.8. The van der Waals surface area contributed by atoms with Gasteiger partial charge in [0, 0.05) is 17.2 Å². The molecule has 0 spiro atoms. The molecule has 1 heterocycles. The highest BCUT2D eigenvalue weighted by Gasteiger charge is 2.20. The Hall–Kier alpha value is -1.23. The van der Waals surface area contributed by atoms with Crippen molar-refractivity contribution in [3.63, 3.8) is 0 Å². The van der Waals surface area contributed by atoms with Gasteiger partial charge in [-0.05, 0) is 22.0 Å². The van der Waals surface area contributed by atoms with Crippen LogP contribution in [0.3, 0.4) is 0 Å². The summed E-state index contributed by atoms with van der Waals surface area (Å²) in [5.74, 6) is -1.39. The van der Waals surface area contributed by atoms with Gasteiger partial charge in [0.15, 0.2) is 11.2 Å². The molecule has 0 atom stereocenters. The normalized spacial score (nSPS) is 12.1. The number of fused-ring (bicyclic) bond motifs is 1. The number of rotatable bonds is 0. The third-order valence-electron chi connectivity index (χ3n) is 2.76. The summed E-state index contributed by atoms with van der Waals surface area (Å²) in [6.45, 7) is 5.66. The Morgan fingerprint density at radius 3 is 2.39 bits per heavy atom. The van der Waals surface area contributed by atoms with Crippen LogP contribution in [0.1, 0.15) is 26.5 Å². The SMILES string of the molecule is CC(C)(C)c1cc(=O)c2c(F)c(Br)cc(F)c2[nH]1. The van der Waals surface area contributed by atoms with Crippen molar-refractivity contribution < 1.29 is 8.78 Å². The molecule has 96 valence electrons. The lowest BCUT2D eigenvalue weighted by molar-refractivity contribution is 0.566. The van der Waals surface area contributed by atoms with Crippen LogP contribution in [0.25, 0.3) is 10.9 Å². The quantitative estimate of drug-likeness (QED) is 0.736. The summed E-state index contributed by atoms with van der Waals surface area (Å²) in [6.07, 6.45) is 0. The molecule has 2 rings (SSSR count). The van der Waals surface area contributed by atoms with E-state index in [1.165, 1.54) is 6.07 Å². The van der Waals surface area contributed by atoms with Gasteiger partial charge in [-0.2, -0.15) is 0 Å². The second kappa shape index (κ2) is 4.16. The standard InChI is InChI=1S/C13H12BrF2NO/c1-13(2,3)9-5-8(18)10-11(16)6(14)4-7(15)12(10)17-9/h4-5H,1-3H3,(H,17,18). The highest BCUT2D eigenvalue weighted by molar-refractivity contribution is 9.10. The third-order valence-corrected chi connectivity index (χ3v) is 3.34. The number of benzene rings is 1. The summed E-state index contributed by atoms with van der Waals surface area (Å²) in [5, 5.41) is -0.255. The molecular weight excluding hydrogens is 304 g/mol. The van der Waals surface area contributed by atoms with E-state index in [9.17, 15) is 13.6 Å². The molecule has 1 aromatic heterocycles. The number of H-pyrrole nitrogens is 1. The van der Waals surface area contributed by atoms with E-state index < -0.39 is 17.1 Å². The van der Waals surface area contributed by atoms with Crippen molar-refractivity contribution in [3.05, 3.63) is 44.2 Å². The van der Waals surface area contributed by atoms with Crippen LogP contribution in [0.15, 0.2) is 21.4 Å². The van der Waals surface area contributed by atoms with E-state index in [0.29, 0.717) is 5.69 Å². The Balaban J connectivity index is 2.96. The molecule has 5 heteroatoms. The molecule has 0 radical (unpaired) electrons. The fraction of sp³-hybridized carbons (Fsp3) is 0.308. The van der Waals surface area contributed by atoms with Crippen LogP contribution >= 0.6 is 15.9 Å². The molecule has 0 amide bonds. The van der Waals surface area contributed by atoms with Gasteiger partial charge in [-0.25, -0.2) is 8.78 Å². The highest BCUT2D eigenvalue weighted by atomic mass is 79.9. The van der Waals surface area contributed by atoms with Crippen LogP contribution in [0, 0.1) is 11.6 Å². The first-order chi connectivity index (χ1) is 8.21. The molecule has 0 saturated heterocycles. The molecule has 1 aromatic carbocycles. The summed E-state index contributed by atoms with van der Waals surface area (Å²) < 4.78 is 27.6. The molecule has 0 aliphatic rings. The van der Waals surface area contributed by atoms with Crippen LogP contribution in [0.5, 0.6) is 0 Å². The molecule has 2 aromatic rings.